The van der Waals surface area contributed by atoms with Crippen molar-refractivity contribution in [2.45, 2.75) is 37.3 Å². The molecule has 210 valence electrons. The van der Waals surface area contributed by atoms with Crippen molar-refractivity contribution in [1.29, 1.82) is 0 Å². The number of carbonyl (C=O) groups excluding carboxylic acids is 2. The summed E-state index contributed by atoms with van der Waals surface area (Å²) in [5.74, 6) is -7.53. The first kappa shape index (κ1) is 29.8. The van der Waals surface area contributed by atoms with Crippen molar-refractivity contribution in [3.05, 3.63) is 56.0 Å². The lowest BCUT2D eigenvalue weighted by molar-refractivity contribution is -0.147. The maximum Gasteiger partial charge on any atom is 0.306 e. The number of fused-ring (bicyclic) bond motifs is 1. The Morgan fingerprint density at radius 2 is 1.74 bits per heavy atom. The zero-order valence-corrected chi connectivity index (χ0v) is 23.4. The first-order valence-corrected chi connectivity index (χ1v) is 13.3. The van der Waals surface area contributed by atoms with Crippen LogP contribution in [0.5, 0.6) is 0 Å². The molecule has 2 aromatic rings. The quantitative estimate of drug-likeness (QED) is 0.368. The molecule has 0 aromatic heterocycles. The molecule has 2 aromatic carbocycles. The number of hydrogen-bond acceptors (Lipinski definition) is 5. The van der Waals surface area contributed by atoms with Gasteiger partial charge in [0, 0.05) is 45.3 Å². The predicted octanol–water partition coefficient (Wildman–Crippen LogP) is 5.29. The third-order valence-electron chi connectivity index (χ3n) is 7.04. The summed E-state index contributed by atoms with van der Waals surface area (Å²) in [6, 6.07) is 5.67. The van der Waals surface area contributed by atoms with Gasteiger partial charge >= 0.3 is 5.97 Å². The summed E-state index contributed by atoms with van der Waals surface area (Å²) in [4.78, 5) is 41.6. The van der Waals surface area contributed by atoms with Crippen LogP contribution < -0.4 is 10.2 Å². The number of nitrogens with zero attached hydrogens (tertiary/aromatic N) is 2. The Labute approximate surface area is 242 Å². The van der Waals surface area contributed by atoms with Gasteiger partial charge in [-0.3, -0.25) is 19.3 Å². The number of hydrogen-bond donors (Lipinski definition) is 3. The highest BCUT2D eigenvalue weighted by Crippen LogP contribution is 2.52. The molecule has 39 heavy (non-hydrogen) atoms. The molecule has 0 radical (unpaired) electrons. The van der Waals surface area contributed by atoms with Crippen LogP contribution in [0.2, 0.25) is 20.1 Å². The van der Waals surface area contributed by atoms with Gasteiger partial charge < -0.3 is 20.4 Å². The zero-order valence-electron chi connectivity index (χ0n) is 20.4. The SMILES string of the molecule is C[C@@H](C(=O)N(CCO)c1cc(Cl)cc(Cl)c1)[C@H]1CC(F)(F)CN1[C@@]1(CC(=O)O)C(=O)Nc2c(Cl)cc(Cl)cc21. The first-order valence-electron chi connectivity index (χ1n) is 11.8. The standard InChI is InChI=1S/C25H23Cl4F2N3O5/c1-12(22(38)33(2-3-35)16-5-13(26)4-14(27)6-16)19-9-24(30,31)11-34(19)25(10-20(36)37)17-7-15(28)8-18(29)21(17)32-23(25)39/h4-8,12,19,35H,2-3,9-11H2,1H3,(H,32,39)(H,36,37)/t12-,19-,25-/m1/s1. The Hall–Kier alpha value is -2.21. The maximum absolute atomic E-state index is 15.1. The highest BCUT2D eigenvalue weighted by Gasteiger charge is 2.62. The summed E-state index contributed by atoms with van der Waals surface area (Å²) in [6.07, 6.45) is -1.72. The predicted molar refractivity (Wildman–Crippen MR) is 144 cm³/mol. The van der Waals surface area contributed by atoms with Crippen LogP contribution in [0.15, 0.2) is 30.3 Å². The molecule has 0 unspecified atom stereocenters. The van der Waals surface area contributed by atoms with Gasteiger partial charge in [-0.25, -0.2) is 8.78 Å². The summed E-state index contributed by atoms with van der Waals surface area (Å²) in [7, 11) is 0. The summed E-state index contributed by atoms with van der Waals surface area (Å²) < 4.78 is 30.2. The minimum absolute atomic E-state index is 0.0108. The fourth-order valence-corrected chi connectivity index (χ4v) is 6.49. The molecule has 0 spiro atoms. The average molecular weight is 625 g/mol. The number of nitrogens with one attached hydrogen (secondary N) is 1. The minimum atomic E-state index is -3.36. The highest BCUT2D eigenvalue weighted by molar-refractivity contribution is 6.38. The normalized spacial score (nSPS) is 22.9. The van der Waals surface area contributed by atoms with Crippen molar-refractivity contribution in [2.75, 3.05) is 29.9 Å². The Kier molecular flexibility index (Phi) is 8.39. The van der Waals surface area contributed by atoms with E-state index in [2.05, 4.69) is 5.32 Å². The monoisotopic (exact) mass is 623 g/mol. The number of rotatable bonds is 8. The molecule has 4 rings (SSSR count). The van der Waals surface area contributed by atoms with Crippen LogP contribution in [0, 0.1) is 5.92 Å². The second kappa shape index (κ2) is 11.0. The molecule has 3 N–H and O–H groups in total. The average Bonchev–Trinajstić information content (AvgIpc) is 3.29. The molecule has 3 atom stereocenters. The number of halogens is 6. The van der Waals surface area contributed by atoms with E-state index in [9.17, 15) is 24.6 Å². The van der Waals surface area contributed by atoms with Gasteiger partial charge in [0.05, 0.1) is 36.2 Å². The number of anilines is 2. The Balaban J connectivity index is 1.82. The maximum atomic E-state index is 15.1. The molecule has 8 nitrogen and oxygen atoms in total. The number of aliphatic hydroxyl groups is 1. The molecule has 0 aliphatic carbocycles. The largest absolute Gasteiger partial charge is 0.481 e. The van der Waals surface area contributed by atoms with Gasteiger partial charge in [0.1, 0.15) is 5.54 Å². The second-order valence-corrected chi connectivity index (χ2v) is 11.3. The van der Waals surface area contributed by atoms with Crippen LogP contribution in [0.25, 0.3) is 0 Å². The zero-order chi connectivity index (χ0) is 28.9. The van der Waals surface area contributed by atoms with E-state index in [0.29, 0.717) is 0 Å². The summed E-state index contributed by atoms with van der Waals surface area (Å²) in [5, 5.41) is 22.5. The van der Waals surface area contributed by atoms with E-state index in [4.69, 9.17) is 46.4 Å². The van der Waals surface area contributed by atoms with Crippen LogP contribution >= 0.6 is 46.4 Å². The number of carboxylic acids is 1. The summed E-state index contributed by atoms with van der Waals surface area (Å²) in [6.45, 7) is -0.242. The number of alkyl halides is 2. The molecular formula is C25H23Cl4F2N3O5. The molecule has 2 aliphatic rings. The van der Waals surface area contributed by atoms with E-state index in [0.717, 1.165) is 9.80 Å². The Morgan fingerprint density at radius 1 is 1.13 bits per heavy atom. The Morgan fingerprint density at radius 3 is 2.33 bits per heavy atom. The van der Waals surface area contributed by atoms with E-state index in [-0.39, 0.29) is 43.6 Å². The Bertz CT molecular complexity index is 1330. The molecular weight excluding hydrogens is 602 g/mol. The number of aliphatic carboxylic acids is 1. The van der Waals surface area contributed by atoms with E-state index < -0.39 is 67.2 Å². The smallest absolute Gasteiger partial charge is 0.306 e. The molecule has 0 saturated carbocycles. The van der Waals surface area contributed by atoms with Crippen molar-refractivity contribution in [2.24, 2.45) is 5.92 Å². The lowest BCUT2D eigenvalue weighted by Gasteiger charge is -2.42. The lowest BCUT2D eigenvalue weighted by Crippen LogP contribution is -2.57. The molecule has 14 heteroatoms. The molecule has 2 amide bonds. The van der Waals surface area contributed by atoms with Gasteiger partial charge in [-0.05, 0) is 30.3 Å². The van der Waals surface area contributed by atoms with Crippen molar-refractivity contribution in [3.8, 4) is 0 Å². The van der Waals surface area contributed by atoms with Gasteiger partial charge in [0.25, 0.3) is 5.92 Å². The van der Waals surface area contributed by atoms with Gasteiger partial charge in [-0.1, -0.05) is 53.3 Å². The van der Waals surface area contributed by atoms with E-state index in [1.165, 1.54) is 37.3 Å². The summed E-state index contributed by atoms with van der Waals surface area (Å²) >= 11 is 24.6. The minimum Gasteiger partial charge on any atom is -0.481 e. The van der Waals surface area contributed by atoms with E-state index in [1.54, 1.807) is 0 Å². The van der Waals surface area contributed by atoms with Crippen molar-refractivity contribution in [3.63, 3.8) is 0 Å². The van der Waals surface area contributed by atoms with Crippen LogP contribution in [-0.2, 0) is 19.9 Å². The van der Waals surface area contributed by atoms with Crippen molar-refractivity contribution >= 4 is 75.6 Å². The summed E-state index contributed by atoms with van der Waals surface area (Å²) in [5.41, 5.74) is -1.80. The van der Waals surface area contributed by atoms with Gasteiger partial charge in [-0.15, -0.1) is 0 Å². The fraction of sp³-hybridized carbons (Fsp3) is 0.400. The van der Waals surface area contributed by atoms with Crippen molar-refractivity contribution < 1.29 is 33.4 Å². The van der Waals surface area contributed by atoms with Gasteiger partial charge in [0.15, 0.2) is 0 Å². The molecule has 2 heterocycles. The number of carbonyl (C=O) groups is 3. The van der Waals surface area contributed by atoms with Crippen molar-refractivity contribution in [1.82, 2.24) is 4.90 Å². The third kappa shape index (κ3) is 5.55. The van der Waals surface area contributed by atoms with Gasteiger partial charge in [-0.2, -0.15) is 0 Å². The van der Waals surface area contributed by atoms with Gasteiger partial charge in [0.2, 0.25) is 11.8 Å². The van der Waals surface area contributed by atoms with Crippen LogP contribution in [0.1, 0.15) is 25.3 Å². The number of likely N-dealkylation sites (tertiary alicyclic amines) is 1. The number of aliphatic hydroxyl groups excluding tert-OH is 1. The number of amides is 2. The fourth-order valence-electron chi connectivity index (χ4n) is 5.43. The molecule has 1 fully saturated rings. The van der Waals surface area contributed by atoms with E-state index >= 15 is 8.78 Å². The van der Waals surface area contributed by atoms with Crippen LogP contribution in [-0.4, -0.2) is 64.6 Å². The second-order valence-electron chi connectivity index (χ2n) is 9.58. The molecule has 0 bridgehead atoms. The highest BCUT2D eigenvalue weighted by atomic mass is 35.5. The molecule has 2 aliphatic heterocycles. The van der Waals surface area contributed by atoms with E-state index in [1.807, 2.05) is 0 Å². The van der Waals surface area contributed by atoms with Crippen LogP contribution in [0.3, 0.4) is 0 Å². The number of carboxylic acid groups (broad SMARTS) is 1. The molecule has 1 saturated heterocycles. The topological polar surface area (TPSA) is 110 Å². The number of benzene rings is 2. The lowest BCUT2D eigenvalue weighted by atomic mass is 9.83. The third-order valence-corrected chi connectivity index (χ3v) is 7.99. The first-order chi connectivity index (χ1) is 18.2. The van der Waals surface area contributed by atoms with Crippen LogP contribution in [0.4, 0.5) is 20.2 Å².